The normalized spacial score (nSPS) is 14.0. The first-order valence-corrected chi connectivity index (χ1v) is 44.3. The number of ether oxygens (including phenoxy) is 4. The Balaban J connectivity index is 5.26. The van der Waals surface area contributed by atoms with E-state index >= 15 is 0 Å². The van der Waals surface area contributed by atoms with Gasteiger partial charge in [0.15, 0.2) is 12.2 Å². The highest BCUT2D eigenvalue weighted by molar-refractivity contribution is 7.47. The van der Waals surface area contributed by atoms with Crippen LogP contribution in [0.5, 0.6) is 0 Å². The van der Waals surface area contributed by atoms with E-state index in [0.29, 0.717) is 25.7 Å². The largest absolute Gasteiger partial charge is 0.472 e. The van der Waals surface area contributed by atoms with Crippen LogP contribution >= 0.6 is 15.6 Å². The Bertz CT molecular complexity index is 1920. The van der Waals surface area contributed by atoms with Crippen LogP contribution < -0.4 is 0 Å². The van der Waals surface area contributed by atoms with Crippen molar-refractivity contribution in [2.24, 2.45) is 17.8 Å². The van der Waals surface area contributed by atoms with Crippen LogP contribution in [0.1, 0.15) is 414 Å². The number of phosphoric acid groups is 2. The predicted molar refractivity (Wildman–Crippen MR) is 405 cm³/mol. The van der Waals surface area contributed by atoms with E-state index in [-0.39, 0.29) is 25.7 Å². The highest BCUT2D eigenvalue weighted by Gasteiger charge is 2.30. The Morgan fingerprint density at radius 3 is 0.687 bits per heavy atom. The number of phosphoric ester groups is 2. The summed E-state index contributed by atoms with van der Waals surface area (Å²) in [5, 5.41) is 10.6. The van der Waals surface area contributed by atoms with Crippen LogP contribution in [0.4, 0.5) is 0 Å². The molecule has 0 amide bonds. The topological polar surface area (TPSA) is 237 Å². The third-order valence-electron chi connectivity index (χ3n) is 18.6. The van der Waals surface area contributed by atoms with Gasteiger partial charge in [-0.1, -0.05) is 363 Å². The molecule has 0 saturated carbocycles. The molecule has 0 aromatic carbocycles. The van der Waals surface area contributed by atoms with Gasteiger partial charge in [-0.25, -0.2) is 9.13 Å². The summed E-state index contributed by atoms with van der Waals surface area (Å²) in [6.45, 7) is 11.9. The van der Waals surface area contributed by atoms with Gasteiger partial charge in [0.1, 0.15) is 19.3 Å². The summed E-state index contributed by atoms with van der Waals surface area (Å²) in [4.78, 5) is 73.0. The van der Waals surface area contributed by atoms with Gasteiger partial charge in [-0.2, -0.15) is 0 Å². The molecule has 0 rings (SSSR count). The molecule has 3 N–H and O–H groups in total. The number of aliphatic hydroxyl groups excluding tert-OH is 1. The lowest BCUT2D eigenvalue weighted by Crippen LogP contribution is -2.30. The molecular weight excluding hydrogens is 1290 g/mol. The third kappa shape index (κ3) is 74.1. The number of rotatable bonds is 78. The molecule has 17 nitrogen and oxygen atoms in total. The van der Waals surface area contributed by atoms with E-state index in [9.17, 15) is 43.2 Å². The van der Waals surface area contributed by atoms with Gasteiger partial charge < -0.3 is 33.8 Å². The number of unbranched alkanes of at least 4 members (excludes halogenated alkanes) is 46. The van der Waals surface area contributed by atoms with E-state index in [1.165, 1.54) is 225 Å². The Hall–Kier alpha value is -1.94. The van der Waals surface area contributed by atoms with Crippen molar-refractivity contribution in [1.82, 2.24) is 0 Å². The lowest BCUT2D eigenvalue weighted by Gasteiger charge is -2.21. The average Bonchev–Trinajstić information content (AvgIpc) is 1.22. The minimum Gasteiger partial charge on any atom is -0.462 e. The van der Waals surface area contributed by atoms with E-state index < -0.39 is 97.5 Å². The Labute approximate surface area is 607 Å². The zero-order valence-corrected chi connectivity index (χ0v) is 66.8. The standard InChI is InChI=1S/C80H156O17P2/c1-8-9-10-11-12-13-14-15-22-28-33-42-49-56-63-79(84)97-76(68-91-78(83)62-55-48-41-36-35-39-46-53-60-73(6)7)70-95-99(88,89)93-66-74(81)65-92-98(86,87)94-69-75(67-90-77(82)61-54-47-40-32-27-24-19-21-26-31-38-45-52-59-72(4)5)96-80(85)64-57-50-43-34-29-23-18-16-17-20-25-30-37-44-51-58-71(2)3/h71-76,81H,8-70H2,1-7H3,(H,86,87)(H,88,89)/t74-,75-,76-/m1/s1. The second kappa shape index (κ2) is 70.4. The summed E-state index contributed by atoms with van der Waals surface area (Å²) in [5.74, 6) is 0.209. The highest BCUT2D eigenvalue weighted by Crippen LogP contribution is 2.45. The zero-order chi connectivity index (χ0) is 73.0. The van der Waals surface area contributed by atoms with Crippen molar-refractivity contribution in [2.45, 2.75) is 433 Å². The highest BCUT2D eigenvalue weighted by atomic mass is 31.2. The Kier molecular flexibility index (Phi) is 69.0. The zero-order valence-electron chi connectivity index (χ0n) is 65.0. The summed E-state index contributed by atoms with van der Waals surface area (Å²) in [6, 6.07) is 0. The molecule has 2 unspecified atom stereocenters. The SMILES string of the molecule is CCCCCCCCCCCCCCCCC(=O)O[C@H](COC(=O)CCCCCCCCCCC(C)C)COP(=O)(O)OC[C@H](O)COP(=O)(O)OC[C@@H](COC(=O)CCCCCCCCCCCCCCCC(C)C)OC(=O)CCCCCCCCCCCCCCCCCC(C)C. The van der Waals surface area contributed by atoms with E-state index in [2.05, 4.69) is 48.5 Å². The minimum absolute atomic E-state index is 0.107. The summed E-state index contributed by atoms with van der Waals surface area (Å²) < 4.78 is 68.7. The molecule has 588 valence electrons. The first kappa shape index (κ1) is 97.1. The second-order valence-corrected chi connectivity index (χ2v) is 33.1. The van der Waals surface area contributed by atoms with Crippen molar-refractivity contribution in [3.8, 4) is 0 Å². The van der Waals surface area contributed by atoms with Gasteiger partial charge in [0, 0.05) is 25.7 Å². The van der Waals surface area contributed by atoms with Gasteiger partial charge in [0.05, 0.1) is 26.4 Å². The molecule has 0 aliphatic rings. The maximum Gasteiger partial charge on any atom is 0.472 e. The van der Waals surface area contributed by atoms with Crippen LogP contribution in [0.15, 0.2) is 0 Å². The predicted octanol–water partition coefficient (Wildman–Crippen LogP) is 23.7. The molecular formula is C80H156O17P2. The van der Waals surface area contributed by atoms with Gasteiger partial charge >= 0.3 is 39.5 Å². The van der Waals surface area contributed by atoms with Crippen LogP contribution in [0.2, 0.25) is 0 Å². The molecule has 99 heavy (non-hydrogen) atoms. The minimum atomic E-state index is -4.96. The first-order chi connectivity index (χ1) is 47.7. The molecule has 0 fully saturated rings. The van der Waals surface area contributed by atoms with Crippen LogP contribution in [0, 0.1) is 17.8 Å². The quantitative estimate of drug-likeness (QED) is 0.0222. The molecule has 0 spiro atoms. The van der Waals surface area contributed by atoms with Crippen molar-refractivity contribution in [2.75, 3.05) is 39.6 Å². The van der Waals surface area contributed by atoms with E-state index in [1.807, 2.05) is 0 Å². The molecule has 0 aromatic rings. The Morgan fingerprint density at radius 1 is 0.273 bits per heavy atom. The average molecular weight is 1450 g/mol. The molecule has 0 saturated heterocycles. The van der Waals surface area contributed by atoms with Crippen molar-refractivity contribution in [3.05, 3.63) is 0 Å². The van der Waals surface area contributed by atoms with E-state index in [1.54, 1.807) is 0 Å². The molecule has 0 radical (unpaired) electrons. The van der Waals surface area contributed by atoms with Gasteiger partial charge in [0.25, 0.3) is 0 Å². The molecule has 0 aromatic heterocycles. The second-order valence-electron chi connectivity index (χ2n) is 30.2. The van der Waals surface area contributed by atoms with Gasteiger partial charge in [0.2, 0.25) is 0 Å². The van der Waals surface area contributed by atoms with Crippen molar-refractivity contribution >= 4 is 39.5 Å². The van der Waals surface area contributed by atoms with E-state index in [4.69, 9.17) is 37.0 Å². The van der Waals surface area contributed by atoms with Gasteiger partial charge in [-0.05, 0) is 43.4 Å². The number of carbonyl (C=O) groups excluding carboxylic acids is 4. The number of hydrogen-bond acceptors (Lipinski definition) is 15. The fourth-order valence-corrected chi connectivity index (χ4v) is 13.9. The van der Waals surface area contributed by atoms with Crippen molar-refractivity contribution < 1.29 is 80.2 Å². The van der Waals surface area contributed by atoms with Crippen molar-refractivity contribution in [3.63, 3.8) is 0 Å². The van der Waals surface area contributed by atoms with Crippen molar-refractivity contribution in [1.29, 1.82) is 0 Å². The molecule has 19 heteroatoms. The first-order valence-electron chi connectivity index (χ1n) is 41.3. The maximum atomic E-state index is 13.1. The molecule has 0 heterocycles. The summed E-state index contributed by atoms with van der Waals surface area (Å²) in [7, 11) is -9.92. The fourth-order valence-electron chi connectivity index (χ4n) is 12.3. The number of hydrogen-bond donors (Lipinski definition) is 3. The van der Waals surface area contributed by atoms with Crippen LogP contribution in [-0.2, 0) is 65.4 Å². The maximum absolute atomic E-state index is 13.1. The smallest absolute Gasteiger partial charge is 0.462 e. The van der Waals surface area contributed by atoms with Crippen LogP contribution in [0.3, 0.4) is 0 Å². The number of carbonyl (C=O) groups is 4. The van der Waals surface area contributed by atoms with E-state index in [0.717, 1.165) is 108 Å². The lowest BCUT2D eigenvalue weighted by atomic mass is 10.0. The third-order valence-corrected chi connectivity index (χ3v) is 20.5. The lowest BCUT2D eigenvalue weighted by molar-refractivity contribution is -0.161. The molecule has 5 atom stereocenters. The number of esters is 4. The molecule has 0 bridgehead atoms. The molecule has 0 aliphatic heterocycles. The Morgan fingerprint density at radius 2 is 0.465 bits per heavy atom. The van der Waals surface area contributed by atoms with Crippen LogP contribution in [-0.4, -0.2) is 96.7 Å². The van der Waals surface area contributed by atoms with Crippen LogP contribution in [0.25, 0.3) is 0 Å². The van der Waals surface area contributed by atoms with Gasteiger partial charge in [-0.3, -0.25) is 37.3 Å². The number of aliphatic hydroxyl groups is 1. The summed E-state index contributed by atoms with van der Waals surface area (Å²) in [5.41, 5.74) is 0. The van der Waals surface area contributed by atoms with Gasteiger partial charge in [-0.15, -0.1) is 0 Å². The molecule has 0 aliphatic carbocycles. The monoisotopic (exact) mass is 1450 g/mol. The summed E-state index contributed by atoms with van der Waals surface area (Å²) >= 11 is 0. The summed E-state index contributed by atoms with van der Waals surface area (Å²) in [6.07, 6.45) is 58.2. The fraction of sp³-hybridized carbons (Fsp3) is 0.950.